The molecule has 0 aliphatic heterocycles. The van der Waals surface area contributed by atoms with E-state index < -0.39 is 0 Å². The highest BCUT2D eigenvalue weighted by atomic mass is 32.1. The highest BCUT2D eigenvalue weighted by molar-refractivity contribution is 7.22. The minimum Gasteiger partial charge on any atom is -0.459 e. The van der Waals surface area contributed by atoms with Crippen molar-refractivity contribution in [3.63, 3.8) is 0 Å². The van der Waals surface area contributed by atoms with Gasteiger partial charge in [-0.15, -0.1) is 0 Å². The van der Waals surface area contributed by atoms with Crippen molar-refractivity contribution in [3.05, 3.63) is 48.2 Å². The molecule has 0 spiro atoms. The lowest BCUT2D eigenvalue weighted by Gasteiger charge is -2.24. The Morgan fingerprint density at radius 2 is 2.00 bits per heavy atom. The summed E-state index contributed by atoms with van der Waals surface area (Å²) in [6, 6.07) is 8.13. The van der Waals surface area contributed by atoms with E-state index in [0.717, 1.165) is 17.8 Å². The lowest BCUT2D eigenvalue weighted by Crippen LogP contribution is -2.38. The van der Waals surface area contributed by atoms with Crippen molar-refractivity contribution in [3.8, 4) is 0 Å². The van der Waals surface area contributed by atoms with E-state index in [1.807, 2.05) is 0 Å². The average molecular weight is 361 g/mol. The van der Waals surface area contributed by atoms with Gasteiger partial charge in [0, 0.05) is 13.1 Å². The Morgan fingerprint density at radius 3 is 2.64 bits per heavy atom. The topological polar surface area (TPSA) is 49.6 Å². The molecule has 0 fully saturated rings. The van der Waals surface area contributed by atoms with Crippen LogP contribution < -0.4 is 4.90 Å². The molecule has 2 heterocycles. The Morgan fingerprint density at radius 1 is 1.20 bits per heavy atom. The summed E-state index contributed by atoms with van der Waals surface area (Å²) in [5.74, 6) is -0.398. The Bertz CT molecular complexity index is 843. The van der Waals surface area contributed by atoms with Crippen LogP contribution in [0.1, 0.15) is 24.4 Å². The monoisotopic (exact) mass is 361 g/mol. The predicted octanol–water partition coefficient (Wildman–Crippen LogP) is 4.02. The van der Waals surface area contributed by atoms with Gasteiger partial charge in [-0.25, -0.2) is 9.37 Å². The summed E-state index contributed by atoms with van der Waals surface area (Å²) >= 11 is 1.31. The van der Waals surface area contributed by atoms with E-state index in [1.54, 1.807) is 29.2 Å². The van der Waals surface area contributed by atoms with Crippen LogP contribution >= 0.6 is 11.3 Å². The molecule has 132 valence electrons. The van der Waals surface area contributed by atoms with Gasteiger partial charge in [0.25, 0.3) is 5.91 Å². The normalized spacial score (nSPS) is 11.4. The quantitative estimate of drug-likeness (QED) is 0.638. The first-order chi connectivity index (χ1) is 12.1. The molecule has 7 heteroatoms. The molecule has 0 bridgehead atoms. The van der Waals surface area contributed by atoms with E-state index in [1.165, 1.54) is 23.7 Å². The van der Waals surface area contributed by atoms with Crippen LogP contribution in [0.15, 0.2) is 41.0 Å². The molecule has 2 aromatic heterocycles. The third kappa shape index (κ3) is 3.72. The summed E-state index contributed by atoms with van der Waals surface area (Å²) in [4.78, 5) is 21.0. The van der Waals surface area contributed by atoms with E-state index in [9.17, 15) is 9.18 Å². The molecule has 3 aromatic rings. The third-order valence-corrected chi connectivity index (χ3v) is 5.14. The third-order valence-electron chi connectivity index (χ3n) is 4.10. The molecule has 1 amide bonds. The van der Waals surface area contributed by atoms with Crippen molar-refractivity contribution in [2.45, 2.75) is 13.8 Å². The molecular weight excluding hydrogens is 341 g/mol. The maximum absolute atomic E-state index is 14.0. The fraction of sp³-hybridized carbons (Fsp3) is 0.333. The van der Waals surface area contributed by atoms with Crippen molar-refractivity contribution < 1.29 is 13.6 Å². The molecule has 0 saturated carbocycles. The zero-order valence-electron chi connectivity index (χ0n) is 14.2. The number of carbonyl (C=O) groups excluding carboxylic acids is 1. The van der Waals surface area contributed by atoms with Crippen LogP contribution in [0.25, 0.3) is 10.2 Å². The van der Waals surface area contributed by atoms with Crippen molar-refractivity contribution in [1.82, 2.24) is 9.88 Å². The number of aromatic nitrogens is 1. The lowest BCUT2D eigenvalue weighted by atomic mass is 10.3. The Balaban J connectivity index is 1.94. The van der Waals surface area contributed by atoms with Crippen LogP contribution in [0, 0.1) is 5.82 Å². The standard InChI is InChI=1S/C18H20FN3O2S/c1-3-21(4-2)10-11-22(17(23)14-8-6-12-24-14)18-20-16-13(19)7-5-9-15(16)25-18/h5-9,12H,3-4,10-11H2,1-2H3. The van der Waals surface area contributed by atoms with E-state index >= 15 is 0 Å². The van der Waals surface area contributed by atoms with E-state index in [2.05, 4.69) is 23.7 Å². The number of benzene rings is 1. The zero-order chi connectivity index (χ0) is 17.8. The van der Waals surface area contributed by atoms with Gasteiger partial charge in [0.2, 0.25) is 0 Å². The van der Waals surface area contributed by atoms with Crippen molar-refractivity contribution in [1.29, 1.82) is 0 Å². The highest BCUT2D eigenvalue weighted by Crippen LogP contribution is 2.31. The average Bonchev–Trinajstić information content (AvgIpc) is 3.28. The van der Waals surface area contributed by atoms with E-state index in [-0.39, 0.29) is 17.5 Å². The van der Waals surface area contributed by atoms with Crippen LogP contribution in [0.3, 0.4) is 0 Å². The number of hydrogen-bond donors (Lipinski definition) is 0. The number of amides is 1. The number of furan rings is 1. The van der Waals surface area contributed by atoms with Crippen LogP contribution in [-0.2, 0) is 0 Å². The molecule has 0 N–H and O–H groups in total. The number of thiazole rings is 1. The largest absolute Gasteiger partial charge is 0.459 e. The fourth-order valence-corrected chi connectivity index (χ4v) is 3.62. The SMILES string of the molecule is CCN(CC)CCN(C(=O)c1ccco1)c1nc2c(F)cccc2s1. The maximum atomic E-state index is 14.0. The summed E-state index contributed by atoms with van der Waals surface area (Å²) in [6.45, 7) is 7.12. The van der Waals surface area contributed by atoms with Gasteiger partial charge in [0.05, 0.1) is 11.0 Å². The Labute approximate surface area is 149 Å². The molecule has 1 aromatic carbocycles. The van der Waals surface area contributed by atoms with Crippen molar-refractivity contribution in [2.75, 3.05) is 31.1 Å². The van der Waals surface area contributed by atoms with Crippen LogP contribution in [0.5, 0.6) is 0 Å². The van der Waals surface area contributed by atoms with Gasteiger partial charge < -0.3 is 9.32 Å². The van der Waals surface area contributed by atoms with Gasteiger partial charge in [-0.05, 0) is 37.4 Å². The number of likely N-dealkylation sites (N-methyl/N-ethyl adjacent to an activating group) is 1. The predicted molar refractivity (Wildman–Crippen MR) is 97.8 cm³/mol. The van der Waals surface area contributed by atoms with Gasteiger partial charge in [-0.2, -0.15) is 0 Å². The smallest absolute Gasteiger partial charge is 0.295 e. The fourth-order valence-electron chi connectivity index (χ4n) is 2.62. The molecule has 0 saturated heterocycles. The Kier molecular flexibility index (Phi) is 5.45. The number of fused-ring (bicyclic) bond motifs is 1. The first-order valence-corrected chi connectivity index (χ1v) is 9.08. The number of nitrogens with zero attached hydrogens (tertiary/aromatic N) is 3. The maximum Gasteiger partial charge on any atom is 0.295 e. The molecule has 0 unspecified atom stereocenters. The summed E-state index contributed by atoms with van der Waals surface area (Å²) in [7, 11) is 0. The molecule has 3 rings (SSSR count). The molecular formula is C18H20FN3O2S. The highest BCUT2D eigenvalue weighted by Gasteiger charge is 2.24. The molecule has 5 nitrogen and oxygen atoms in total. The zero-order valence-corrected chi connectivity index (χ0v) is 15.1. The molecule has 0 aliphatic rings. The van der Waals surface area contributed by atoms with Gasteiger partial charge in [-0.1, -0.05) is 31.3 Å². The molecule has 0 atom stereocenters. The summed E-state index contributed by atoms with van der Waals surface area (Å²) < 4.78 is 19.9. The molecule has 25 heavy (non-hydrogen) atoms. The number of para-hydroxylation sites is 1. The Hall–Kier alpha value is -2.25. The number of rotatable bonds is 7. The second kappa shape index (κ2) is 7.76. The summed E-state index contributed by atoms with van der Waals surface area (Å²) in [5.41, 5.74) is 0.294. The first-order valence-electron chi connectivity index (χ1n) is 8.26. The minimum absolute atomic E-state index is 0.249. The van der Waals surface area contributed by atoms with E-state index in [0.29, 0.717) is 23.7 Å². The minimum atomic E-state index is -0.380. The van der Waals surface area contributed by atoms with Crippen LogP contribution in [0.4, 0.5) is 9.52 Å². The second-order valence-corrected chi connectivity index (χ2v) is 6.55. The van der Waals surface area contributed by atoms with Crippen molar-refractivity contribution in [2.24, 2.45) is 0 Å². The van der Waals surface area contributed by atoms with Gasteiger partial charge in [-0.3, -0.25) is 9.69 Å². The number of carbonyl (C=O) groups is 1. The first kappa shape index (κ1) is 17.6. The summed E-state index contributed by atoms with van der Waals surface area (Å²) in [6.07, 6.45) is 1.47. The van der Waals surface area contributed by atoms with Gasteiger partial charge >= 0.3 is 0 Å². The van der Waals surface area contributed by atoms with E-state index in [4.69, 9.17) is 4.42 Å². The van der Waals surface area contributed by atoms with Gasteiger partial charge in [0.1, 0.15) is 11.3 Å². The number of halogens is 1. The van der Waals surface area contributed by atoms with Crippen LogP contribution in [-0.4, -0.2) is 42.0 Å². The second-order valence-electron chi connectivity index (χ2n) is 5.54. The van der Waals surface area contributed by atoms with Crippen molar-refractivity contribution >= 4 is 32.6 Å². The lowest BCUT2D eigenvalue weighted by molar-refractivity contribution is 0.0957. The van der Waals surface area contributed by atoms with Gasteiger partial charge in [0.15, 0.2) is 10.9 Å². The molecule has 0 radical (unpaired) electrons. The number of hydrogen-bond acceptors (Lipinski definition) is 5. The summed E-state index contributed by atoms with van der Waals surface area (Å²) in [5, 5.41) is 0.480. The number of anilines is 1. The molecule has 0 aliphatic carbocycles. The van der Waals surface area contributed by atoms with Crippen LogP contribution in [0.2, 0.25) is 0 Å².